The van der Waals surface area contributed by atoms with Gasteiger partial charge in [0.1, 0.15) is 12.4 Å². The monoisotopic (exact) mass is 563 g/mol. The molecule has 1 aliphatic rings. The Labute approximate surface area is 242 Å². The number of methoxy groups -OCH3 is 1. The van der Waals surface area contributed by atoms with E-state index in [0.717, 1.165) is 66.2 Å². The molecule has 0 aliphatic carbocycles. The van der Waals surface area contributed by atoms with Crippen LogP contribution in [0, 0.1) is 0 Å². The molecule has 40 heavy (non-hydrogen) atoms. The van der Waals surface area contributed by atoms with E-state index in [4.69, 9.17) is 14.2 Å². The molecule has 0 saturated carbocycles. The molecule has 1 aliphatic heterocycles. The van der Waals surface area contributed by atoms with Crippen LogP contribution < -0.4 is 19.5 Å². The van der Waals surface area contributed by atoms with Gasteiger partial charge in [0.25, 0.3) is 5.91 Å². The highest BCUT2D eigenvalue weighted by molar-refractivity contribution is 7.99. The van der Waals surface area contributed by atoms with Crippen LogP contribution in [0.2, 0.25) is 0 Å². The molecule has 2 N–H and O–H groups in total. The quantitative estimate of drug-likeness (QED) is 0.213. The van der Waals surface area contributed by atoms with Crippen LogP contribution in [-0.4, -0.2) is 63.6 Å². The first kappa shape index (κ1) is 29.8. The zero-order chi connectivity index (χ0) is 28.7. The van der Waals surface area contributed by atoms with Crippen molar-refractivity contribution in [2.45, 2.75) is 33.1 Å². The third-order valence-electron chi connectivity index (χ3n) is 7.10. The van der Waals surface area contributed by atoms with Crippen LogP contribution in [-0.2, 0) is 14.9 Å². The number of rotatable bonds is 10. The normalized spacial score (nSPS) is 14.7. The summed E-state index contributed by atoms with van der Waals surface area (Å²) in [6, 6.07) is 16.1. The molecule has 1 saturated heterocycles. The summed E-state index contributed by atoms with van der Waals surface area (Å²) in [7, 11) is 1.62. The van der Waals surface area contributed by atoms with Gasteiger partial charge in [-0.05, 0) is 53.1 Å². The summed E-state index contributed by atoms with van der Waals surface area (Å²) in [6.45, 7) is 13.2. The van der Waals surface area contributed by atoms with E-state index in [1.165, 1.54) is 11.9 Å². The first-order valence-corrected chi connectivity index (χ1v) is 14.9. The average Bonchev–Trinajstić information content (AvgIpc) is 2.94. The molecular formula is C32H41N3O4S. The van der Waals surface area contributed by atoms with Crippen molar-refractivity contribution in [2.75, 3.05) is 62.9 Å². The first-order valence-electron chi connectivity index (χ1n) is 13.7. The van der Waals surface area contributed by atoms with Gasteiger partial charge in [0.05, 0.1) is 31.7 Å². The summed E-state index contributed by atoms with van der Waals surface area (Å²) in [5, 5.41) is 5.09. The zero-order valence-corrected chi connectivity index (χ0v) is 25.2. The maximum absolute atomic E-state index is 13.8. The van der Waals surface area contributed by atoms with Crippen LogP contribution in [0.1, 0.15) is 38.8 Å². The number of anilines is 2. The molecule has 1 amide bonds. The molecule has 0 aromatic heterocycles. The Morgan fingerprint density at radius 3 is 2.42 bits per heavy atom. The fraction of sp³-hybridized carbons (Fsp3) is 0.406. The highest BCUT2D eigenvalue weighted by atomic mass is 32.2. The lowest BCUT2D eigenvalue weighted by Crippen LogP contribution is -2.38. The number of allylic oxidation sites excluding steroid dienone is 1. The molecule has 0 radical (unpaired) electrons. The molecule has 0 spiro atoms. The van der Waals surface area contributed by atoms with Crippen molar-refractivity contribution in [1.29, 1.82) is 0 Å². The van der Waals surface area contributed by atoms with Crippen molar-refractivity contribution in [3.8, 4) is 11.5 Å². The Kier molecular flexibility index (Phi) is 10.0. The number of morpholine rings is 1. The maximum atomic E-state index is 13.8. The van der Waals surface area contributed by atoms with Gasteiger partial charge in [-0.25, -0.2) is 0 Å². The third-order valence-corrected chi connectivity index (χ3v) is 7.52. The highest BCUT2D eigenvalue weighted by Crippen LogP contribution is 2.40. The second kappa shape index (κ2) is 13.4. The van der Waals surface area contributed by atoms with Gasteiger partial charge in [0, 0.05) is 36.8 Å². The Morgan fingerprint density at radius 2 is 1.77 bits per heavy atom. The number of carbonyl (C=O) groups excluding carboxylic acids is 1. The summed E-state index contributed by atoms with van der Waals surface area (Å²) < 4.78 is 20.7. The minimum absolute atomic E-state index is 0.113. The van der Waals surface area contributed by atoms with Gasteiger partial charge in [0.2, 0.25) is 0 Å². The Morgan fingerprint density at radius 1 is 1.07 bits per heavy atom. The molecule has 7 nitrogen and oxygen atoms in total. The number of nitrogens with zero attached hydrogens (tertiary/aromatic N) is 1. The van der Waals surface area contributed by atoms with Gasteiger partial charge in [0.15, 0.2) is 5.75 Å². The van der Waals surface area contributed by atoms with Crippen LogP contribution >= 0.6 is 11.9 Å². The third kappa shape index (κ3) is 6.92. The summed E-state index contributed by atoms with van der Waals surface area (Å²) in [5.41, 5.74) is 3.86. The minimum Gasteiger partial charge on any atom is -0.492 e. The summed E-state index contributed by atoms with van der Waals surface area (Å²) in [6.07, 6.45) is 3.82. The van der Waals surface area contributed by atoms with Crippen molar-refractivity contribution >= 4 is 45.6 Å². The molecule has 3 aromatic carbocycles. The fourth-order valence-electron chi connectivity index (χ4n) is 4.90. The second-order valence-corrected chi connectivity index (χ2v) is 11.4. The van der Waals surface area contributed by atoms with Crippen LogP contribution in [0.3, 0.4) is 0 Å². The van der Waals surface area contributed by atoms with E-state index >= 15 is 0 Å². The van der Waals surface area contributed by atoms with Crippen molar-refractivity contribution in [1.82, 2.24) is 4.90 Å². The molecule has 8 heteroatoms. The van der Waals surface area contributed by atoms with Gasteiger partial charge in [-0.2, -0.15) is 0 Å². The van der Waals surface area contributed by atoms with E-state index in [2.05, 4.69) is 41.8 Å². The number of hydrogen-bond donors (Lipinski definition) is 2. The number of nitrogens with one attached hydrogen (secondary N) is 2. The predicted octanol–water partition coefficient (Wildman–Crippen LogP) is 6.59. The smallest absolute Gasteiger partial charge is 0.256 e. The van der Waals surface area contributed by atoms with E-state index in [9.17, 15) is 4.79 Å². The van der Waals surface area contributed by atoms with E-state index in [1.54, 1.807) is 7.11 Å². The molecule has 214 valence electrons. The SMILES string of the molecule is C/C=C(\C(=O)Nc1cc(C(C)(C)C)cc(NSC)c1OC)c1ccc(OCCN2CCOCC2)c2ccccc12. The molecule has 1 fully saturated rings. The van der Waals surface area contributed by atoms with Crippen molar-refractivity contribution < 1.29 is 19.0 Å². The summed E-state index contributed by atoms with van der Waals surface area (Å²) in [4.78, 5) is 16.2. The number of amides is 1. The molecule has 0 unspecified atom stereocenters. The maximum Gasteiger partial charge on any atom is 0.256 e. The standard InChI is InChI=1S/C32H41N3O4S/c1-7-23(31(36)33-27-20-22(32(2,3)4)21-28(34-40-6)30(27)37-5)25-12-13-29(26-11-9-8-10-24(25)26)39-19-16-35-14-17-38-18-15-35/h7-13,20-21,34H,14-19H2,1-6H3,(H,33,36)/b23-7-. The van der Waals surface area contributed by atoms with Crippen LogP contribution in [0.15, 0.2) is 54.6 Å². The van der Waals surface area contributed by atoms with E-state index in [0.29, 0.717) is 23.6 Å². The molecule has 0 bridgehead atoms. The van der Waals surface area contributed by atoms with E-state index < -0.39 is 0 Å². The van der Waals surface area contributed by atoms with Crippen molar-refractivity contribution in [3.63, 3.8) is 0 Å². The number of benzene rings is 3. The fourth-order valence-corrected chi connectivity index (χ4v) is 5.27. The molecule has 4 rings (SSSR count). The second-order valence-electron chi connectivity index (χ2n) is 10.8. The lowest BCUT2D eigenvalue weighted by Gasteiger charge is -2.26. The lowest BCUT2D eigenvalue weighted by molar-refractivity contribution is -0.111. The molecule has 3 aromatic rings. The average molecular weight is 564 g/mol. The minimum atomic E-state index is -0.201. The highest BCUT2D eigenvalue weighted by Gasteiger charge is 2.23. The van der Waals surface area contributed by atoms with Crippen molar-refractivity contribution in [2.24, 2.45) is 0 Å². The van der Waals surface area contributed by atoms with Crippen LogP contribution in [0.5, 0.6) is 11.5 Å². The Hall–Kier alpha value is -3.20. The first-order chi connectivity index (χ1) is 19.3. The molecule has 1 heterocycles. The predicted molar refractivity (Wildman–Crippen MR) is 168 cm³/mol. The number of ether oxygens (including phenoxy) is 3. The summed E-state index contributed by atoms with van der Waals surface area (Å²) >= 11 is 1.48. The number of carbonyl (C=O) groups is 1. The molecule has 0 atom stereocenters. The van der Waals surface area contributed by atoms with E-state index in [1.807, 2.05) is 61.7 Å². The largest absolute Gasteiger partial charge is 0.492 e. The zero-order valence-electron chi connectivity index (χ0n) is 24.4. The van der Waals surface area contributed by atoms with Gasteiger partial charge >= 0.3 is 0 Å². The van der Waals surface area contributed by atoms with Crippen molar-refractivity contribution in [3.05, 3.63) is 65.7 Å². The number of hydrogen-bond acceptors (Lipinski definition) is 7. The van der Waals surface area contributed by atoms with E-state index in [-0.39, 0.29) is 11.3 Å². The van der Waals surface area contributed by atoms with Crippen LogP contribution in [0.4, 0.5) is 11.4 Å². The molecular weight excluding hydrogens is 522 g/mol. The Bertz CT molecular complexity index is 1360. The van der Waals surface area contributed by atoms with Gasteiger partial charge in [-0.1, -0.05) is 63.1 Å². The summed E-state index contributed by atoms with van der Waals surface area (Å²) in [5.74, 6) is 1.21. The van der Waals surface area contributed by atoms with Gasteiger partial charge in [-0.15, -0.1) is 0 Å². The Balaban J connectivity index is 1.62. The van der Waals surface area contributed by atoms with Gasteiger partial charge < -0.3 is 24.2 Å². The topological polar surface area (TPSA) is 72.1 Å². The lowest BCUT2D eigenvalue weighted by atomic mass is 9.86. The van der Waals surface area contributed by atoms with Crippen LogP contribution in [0.25, 0.3) is 16.3 Å². The van der Waals surface area contributed by atoms with Gasteiger partial charge in [-0.3, -0.25) is 9.69 Å². The number of fused-ring (bicyclic) bond motifs is 1.